The number of carbonyl (C=O) groups excluding carboxylic acids is 17. The van der Waals surface area contributed by atoms with Crippen LogP contribution in [-0.4, -0.2) is 313 Å². The number of aliphatic hydroxyl groups is 2. The summed E-state index contributed by atoms with van der Waals surface area (Å²) < 4.78 is 0.822. The predicted octanol–water partition coefficient (Wildman–Crippen LogP) is -2.88. The van der Waals surface area contributed by atoms with Gasteiger partial charge in [0.15, 0.2) is 0 Å². The van der Waals surface area contributed by atoms with Crippen LogP contribution in [0.15, 0.2) is 84.4 Å². The Hall–Kier alpha value is -11.5. The third kappa shape index (κ3) is 27.0. The number of carbonyl (C=O) groups is 17. The molecule has 5 aromatic rings. The lowest BCUT2D eigenvalue weighted by molar-refractivity contribution is -0.149. The number of likely N-dealkylation sites (N-methyl/N-ethyl adjacent to an activating group) is 3. The highest BCUT2D eigenvalue weighted by atomic mass is 32.2. The van der Waals surface area contributed by atoms with E-state index in [1.54, 1.807) is 62.0 Å². The molecule has 17 amide bonds. The second-order valence-corrected chi connectivity index (χ2v) is 35.1. The Labute approximate surface area is 741 Å². The molecule has 39 nitrogen and oxygen atoms in total. The van der Waals surface area contributed by atoms with Crippen LogP contribution >= 0.6 is 34.9 Å². The van der Waals surface area contributed by atoms with Crippen LogP contribution in [0.2, 0.25) is 0 Å². The molecule has 3 saturated heterocycles. The first-order chi connectivity index (χ1) is 59.9. The number of aromatic nitrogens is 1. The summed E-state index contributed by atoms with van der Waals surface area (Å²) in [6.45, 7) is 4.97. The zero-order chi connectivity index (χ0) is 92.5. The highest BCUT2D eigenvalue weighted by Gasteiger charge is 2.46. The molecule has 3 aromatic carbocycles. The first-order valence-corrected chi connectivity index (χ1v) is 45.1. The molecule has 42 heteroatoms. The number of thioether (sulfide) groups is 2. The minimum Gasteiger partial charge on any atom is -0.508 e. The molecule has 3 fully saturated rings. The monoisotopic (exact) mass is 1810 g/mol. The molecule has 126 heavy (non-hydrogen) atoms. The number of phenolic OH excluding ortho intramolecular Hbond substituents is 1. The van der Waals surface area contributed by atoms with Gasteiger partial charge in [-0.2, -0.15) is 11.8 Å². The van der Waals surface area contributed by atoms with Crippen molar-refractivity contribution in [3.8, 4) is 5.75 Å². The van der Waals surface area contributed by atoms with Crippen LogP contribution in [0.1, 0.15) is 109 Å². The van der Waals surface area contributed by atoms with Crippen LogP contribution in [0.3, 0.4) is 0 Å². The molecule has 686 valence electrons. The van der Waals surface area contributed by atoms with Gasteiger partial charge in [0.25, 0.3) is 0 Å². The molecule has 5 heterocycles. The minimum absolute atomic E-state index is 0.00810. The number of benzene rings is 3. The Kier molecular flexibility index (Phi) is 37.4. The second-order valence-electron chi connectivity index (χ2n) is 32.2. The molecule has 20 N–H and O–H groups in total. The third-order valence-electron chi connectivity index (χ3n) is 22.4. The van der Waals surface area contributed by atoms with E-state index in [1.165, 1.54) is 82.4 Å². The number of para-hydroxylation sites is 1. The van der Waals surface area contributed by atoms with Gasteiger partial charge < -0.3 is 115 Å². The summed E-state index contributed by atoms with van der Waals surface area (Å²) in [7, 11) is 3.92. The van der Waals surface area contributed by atoms with Crippen molar-refractivity contribution in [1.29, 1.82) is 0 Å². The zero-order valence-electron chi connectivity index (χ0n) is 71.9. The van der Waals surface area contributed by atoms with E-state index in [4.69, 9.17) is 17.2 Å². The molecule has 0 bridgehead atoms. The summed E-state index contributed by atoms with van der Waals surface area (Å²) in [6.07, 6.45) is 1.09. The Morgan fingerprint density at radius 1 is 0.603 bits per heavy atom. The number of H-pyrrole nitrogens is 1. The number of nitrogens with one attached hydrogen (secondary N) is 11. The average Bonchev–Trinajstić information content (AvgIpc) is 1.61. The molecule has 0 radical (unpaired) electrons. The smallest absolute Gasteiger partial charge is 0.246 e. The van der Waals surface area contributed by atoms with Gasteiger partial charge >= 0.3 is 0 Å². The summed E-state index contributed by atoms with van der Waals surface area (Å²) >= 11 is 3.48. The lowest BCUT2D eigenvalue weighted by Crippen LogP contribution is -2.62. The van der Waals surface area contributed by atoms with E-state index in [2.05, 4.69) is 58.2 Å². The number of aliphatic hydroxyl groups excluding tert-OH is 2. The fraction of sp³-hybridized carbons (Fsp3) is 0.536. The number of hydrogen-bond donors (Lipinski definition) is 17. The molecular weight excluding hydrogens is 1690 g/mol. The first-order valence-electron chi connectivity index (χ1n) is 41.7. The highest BCUT2D eigenvalue weighted by molar-refractivity contribution is 8.00. The van der Waals surface area contributed by atoms with E-state index in [1.807, 2.05) is 25.1 Å². The number of hydrogen-bond acceptors (Lipinski definition) is 24. The van der Waals surface area contributed by atoms with E-state index in [0.29, 0.717) is 40.4 Å². The number of aromatic hydroxyl groups is 1. The molecule has 2 aromatic heterocycles. The normalized spacial score (nSPS) is 25.8. The number of amides is 17. The number of thiophene rings is 1. The SMILES string of the molecule is CCCC[C@H]1C(=O)N[C@@H](C)C(=O)NC(C(=O)NCC(N)=O)CSCC(=O)N[C@@H](Cc2ccc(O)cc2)C(=O)N(C)[C@@H](C)C(=O)N[C@@H](CC(N)=O)C(=O)N2CCC[C@H]2C(=O)N[C@@H](CN)C(=O)N[C@@H](CC(C)C)C(=O)N2C[C@H](O)CC2C(=O)N[C@@H](Cc2c[nH]c3ccccc23)C(=O)N[C@@H](CO)C(=O)N[C@@H](Cc2csc3ccccc23)C(=O)N(C)[C@@H](CCSC)C(=O)N1C. The number of fused-ring (bicyclic) bond motifs is 4. The van der Waals surface area contributed by atoms with Crippen LogP contribution in [0, 0.1) is 5.92 Å². The number of nitrogens with zero attached hydrogens (tertiary/aromatic N) is 5. The Morgan fingerprint density at radius 3 is 1.87 bits per heavy atom. The number of rotatable bonds is 21. The van der Waals surface area contributed by atoms with E-state index in [0.717, 1.165) is 46.3 Å². The average molecular weight is 1810 g/mol. The minimum atomic E-state index is -1.86. The summed E-state index contributed by atoms with van der Waals surface area (Å²) in [5, 5.41) is 61.7. The molecule has 0 spiro atoms. The molecule has 3 aliphatic heterocycles. The largest absolute Gasteiger partial charge is 0.508 e. The Balaban J connectivity index is 1.16. The summed E-state index contributed by atoms with van der Waals surface area (Å²) in [6, 6.07) is -1.56. The standard InChI is InChI=1S/C84H117N19O20S3/c1-10-11-20-63-77(116)90-45(4)71(110)98-62(73(112)89-38-69(87)108)42-125-43-70(109)91-57(31-47-23-25-50(105)26-24-47)80(119)99(6)46(5)72(111)93-59(35-68(86)107)82(121)102-28-16-21-64(102)78(117)96-60(36-85)75(114)94-56(30-44(2)3)83(122)103-39-51(106)34-66(103)79(118)92-55(32-48-37-88-54-19-14-12-17-52(48)54)74(113)97-61(40-104)76(115)95-58(33-49-41-126-67-22-15-13-18-53(49)67)81(120)101(8)65(27-29-124-9)84(123)100(63)7/h12-15,17-19,22-26,37,41,44-46,51,55-66,88,104-106H,10-11,16,20-21,27-36,38-40,42-43,85H2,1-9H3,(H2,86,107)(H2,87,108)(H,89,112)(H,90,116)(H,91,109)(H,92,118)(H,93,111)(H,94,114)(H,95,115)(H,96,117)(H,97,113)(H,98,110)/t45-,46-,51+,55-,56-,57-,58-,59-,60-,61-,62?,63-,64-,65-,66?/m0/s1. The lowest BCUT2D eigenvalue weighted by atomic mass is 10.0. The molecule has 3 aliphatic rings. The molecule has 0 saturated carbocycles. The van der Waals surface area contributed by atoms with Gasteiger partial charge in [0.05, 0.1) is 31.4 Å². The van der Waals surface area contributed by atoms with Crippen molar-refractivity contribution in [1.82, 2.24) is 82.7 Å². The van der Waals surface area contributed by atoms with Crippen LogP contribution < -0.4 is 70.4 Å². The fourth-order valence-corrected chi connectivity index (χ4v) is 17.5. The van der Waals surface area contributed by atoms with Crippen molar-refractivity contribution in [2.24, 2.45) is 23.1 Å². The molecular formula is C84H117N19O20S3. The van der Waals surface area contributed by atoms with E-state index in [9.17, 15) is 68.1 Å². The third-order valence-corrected chi connectivity index (χ3v) is 25.1. The fourth-order valence-electron chi connectivity index (χ4n) is 15.3. The van der Waals surface area contributed by atoms with Gasteiger partial charge in [0.2, 0.25) is 100 Å². The van der Waals surface area contributed by atoms with Crippen molar-refractivity contribution < 1.29 is 96.8 Å². The predicted molar refractivity (Wildman–Crippen MR) is 470 cm³/mol. The van der Waals surface area contributed by atoms with Crippen LogP contribution in [0.25, 0.3) is 21.0 Å². The maximum absolute atomic E-state index is 15.6. The molecule has 15 atom stereocenters. The van der Waals surface area contributed by atoms with Crippen molar-refractivity contribution in [2.45, 2.75) is 202 Å². The van der Waals surface area contributed by atoms with E-state index in [-0.39, 0.29) is 81.8 Å². The van der Waals surface area contributed by atoms with Gasteiger partial charge in [-0.1, -0.05) is 82.1 Å². The Morgan fingerprint density at radius 2 is 1.20 bits per heavy atom. The van der Waals surface area contributed by atoms with Crippen molar-refractivity contribution in [3.05, 3.63) is 101 Å². The number of unbranched alkanes of at least 4 members (excludes halogenated alkanes) is 1. The quantitative estimate of drug-likeness (QED) is 0.0351. The van der Waals surface area contributed by atoms with Crippen LogP contribution in [0.5, 0.6) is 5.75 Å². The number of phenols is 1. The zero-order valence-corrected chi connectivity index (χ0v) is 74.4. The van der Waals surface area contributed by atoms with Crippen molar-refractivity contribution >= 4 is 156 Å². The van der Waals surface area contributed by atoms with Crippen molar-refractivity contribution in [2.75, 3.05) is 77.4 Å². The molecule has 0 aliphatic carbocycles. The first kappa shape index (κ1) is 99.9. The summed E-state index contributed by atoms with van der Waals surface area (Å²) in [4.78, 5) is 254. The van der Waals surface area contributed by atoms with E-state index < -0.39 is 235 Å². The summed E-state index contributed by atoms with van der Waals surface area (Å²) in [5.74, 6) is -17.0. The van der Waals surface area contributed by atoms with Gasteiger partial charge in [-0.05, 0) is 116 Å². The number of aromatic amines is 1. The van der Waals surface area contributed by atoms with Gasteiger partial charge in [-0.15, -0.1) is 23.1 Å². The van der Waals surface area contributed by atoms with Crippen LogP contribution in [-0.2, 0) is 101 Å². The maximum Gasteiger partial charge on any atom is 0.246 e. The topological polar surface area (TPSA) is 581 Å². The van der Waals surface area contributed by atoms with Gasteiger partial charge in [-0.25, -0.2) is 0 Å². The highest BCUT2D eigenvalue weighted by Crippen LogP contribution is 2.30. The maximum atomic E-state index is 15.6. The van der Waals surface area contributed by atoms with Gasteiger partial charge in [0.1, 0.15) is 90.3 Å². The second kappa shape index (κ2) is 47.2. The van der Waals surface area contributed by atoms with Gasteiger partial charge in [-0.3, -0.25) is 81.5 Å². The van der Waals surface area contributed by atoms with Crippen LogP contribution in [0.4, 0.5) is 0 Å². The molecule has 2 unspecified atom stereocenters. The lowest BCUT2D eigenvalue weighted by Gasteiger charge is -2.36. The molecule has 8 rings (SSSR count). The summed E-state index contributed by atoms with van der Waals surface area (Å²) in [5.41, 5.74) is 19.3. The number of nitrogens with two attached hydrogens (primary N) is 3. The Bertz CT molecular complexity index is 4760. The van der Waals surface area contributed by atoms with Gasteiger partial charge in [0, 0.05) is 94.0 Å². The van der Waals surface area contributed by atoms with E-state index >= 15 is 28.8 Å². The van der Waals surface area contributed by atoms with Crippen molar-refractivity contribution in [3.63, 3.8) is 0 Å². The number of primary amides is 2.